The van der Waals surface area contributed by atoms with Gasteiger partial charge in [0.05, 0.1) is 5.56 Å². The van der Waals surface area contributed by atoms with Crippen LogP contribution in [0.2, 0.25) is 0 Å². The lowest BCUT2D eigenvalue weighted by molar-refractivity contribution is -0.137. The second-order valence-electron chi connectivity index (χ2n) is 6.75. The van der Waals surface area contributed by atoms with E-state index in [0.29, 0.717) is 25.3 Å². The summed E-state index contributed by atoms with van der Waals surface area (Å²) in [6, 6.07) is 5.43. The van der Waals surface area contributed by atoms with Crippen molar-refractivity contribution >= 4 is 5.69 Å². The number of aromatic amines is 1. The third-order valence-corrected chi connectivity index (χ3v) is 4.78. The number of anilines is 1. The maximum absolute atomic E-state index is 12.9. The van der Waals surface area contributed by atoms with Crippen molar-refractivity contribution in [2.24, 2.45) is 0 Å². The Hall–Kier alpha value is -2.62. The van der Waals surface area contributed by atoms with Gasteiger partial charge in [-0.05, 0) is 37.6 Å². The van der Waals surface area contributed by atoms with E-state index in [4.69, 9.17) is 0 Å². The third kappa shape index (κ3) is 5.22. The molecule has 1 saturated heterocycles. The molecule has 1 aliphatic rings. The quantitative estimate of drug-likeness (QED) is 0.749. The van der Waals surface area contributed by atoms with Crippen LogP contribution in [-0.2, 0) is 12.7 Å². The van der Waals surface area contributed by atoms with Crippen molar-refractivity contribution in [3.05, 3.63) is 56.9 Å². The zero-order valence-electron chi connectivity index (χ0n) is 15.3. The molecule has 1 fully saturated rings. The van der Waals surface area contributed by atoms with E-state index < -0.39 is 23.0 Å². The monoisotopic (exact) mass is 397 g/mol. The smallest absolute Gasteiger partial charge is 0.369 e. The van der Waals surface area contributed by atoms with Gasteiger partial charge < -0.3 is 4.90 Å². The number of nitrogens with zero attached hydrogens (tertiary/aromatic N) is 4. The van der Waals surface area contributed by atoms with E-state index in [1.807, 2.05) is 4.90 Å². The SMILES string of the molecule is O=c1cnn(CCCCN2CCN(c3cccc(C(F)(F)F)c3)CC2)c(=O)[nH]1. The molecule has 2 heterocycles. The van der Waals surface area contributed by atoms with Gasteiger partial charge in [0.25, 0.3) is 5.56 Å². The molecular formula is C18H22F3N5O2. The van der Waals surface area contributed by atoms with E-state index in [0.717, 1.165) is 44.7 Å². The van der Waals surface area contributed by atoms with Crippen LogP contribution < -0.4 is 16.1 Å². The van der Waals surface area contributed by atoms with Crippen molar-refractivity contribution in [3.63, 3.8) is 0 Å². The van der Waals surface area contributed by atoms with Gasteiger partial charge in [-0.25, -0.2) is 9.48 Å². The van der Waals surface area contributed by atoms with Gasteiger partial charge in [0.2, 0.25) is 0 Å². The number of aryl methyl sites for hydroxylation is 1. The zero-order valence-corrected chi connectivity index (χ0v) is 15.3. The molecule has 0 saturated carbocycles. The Labute approximate surface area is 159 Å². The van der Waals surface area contributed by atoms with Crippen molar-refractivity contribution in [1.82, 2.24) is 19.7 Å². The molecule has 1 aliphatic heterocycles. The van der Waals surface area contributed by atoms with E-state index in [9.17, 15) is 22.8 Å². The van der Waals surface area contributed by atoms with Crippen LogP contribution in [-0.4, -0.2) is 52.4 Å². The number of nitrogens with one attached hydrogen (secondary N) is 1. The van der Waals surface area contributed by atoms with Gasteiger partial charge in [-0.15, -0.1) is 0 Å². The van der Waals surface area contributed by atoms with Gasteiger partial charge in [0, 0.05) is 38.4 Å². The number of H-pyrrole nitrogens is 1. The molecule has 0 aliphatic carbocycles. The summed E-state index contributed by atoms with van der Waals surface area (Å²) >= 11 is 0. The highest BCUT2D eigenvalue weighted by Gasteiger charge is 2.31. The maximum Gasteiger partial charge on any atom is 0.416 e. The molecule has 0 radical (unpaired) electrons. The summed E-state index contributed by atoms with van der Waals surface area (Å²) in [6.07, 6.45) is -1.65. The number of hydrogen-bond acceptors (Lipinski definition) is 5. The van der Waals surface area contributed by atoms with Crippen LogP contribution in [0.5, 0.6) is 0 Å². The largest absolute Gasteiger partial charge is 0.416 e. The van der Waals surface area contributed by atoms with Crippen molar-refractivity contribution in [2.45, 2.75) is 25.6 Å². The van der Waals surface area contributed by atoms with Gasteiger partial charge in [0.1, 0.15) is 6.20 Å². The molecule has 0 spiro atoms. The molecule has 0 atom stereocenters. The standard InChI is InChI=1S/C18H22F3N5O2/c19-18(20,21)14-4-3-5-15(12-14)25-10-8-24(9-11-25)6-1-2-7-26-17(28)23-16(27)13-22-26/h3-5,12-13H,1-2,6-11H2,(H,23,27,28). The first kappa shape index (κ1) is 20.1. The minimum absolute atomic E-state index is 0.430. The number of unbranched alkanes of at least 4 members (excludes halogenated alkanes) is 1. The van der Waals surface area contributed by atoms with Crippen LogP contribution in [0.25, 0.3) is 0 Å². The van der Waals surface area contributed by atoms with Crippen LogP contribution >= 0.6 is 0 Å². The Morgan fingerprint density at radius 2 is 1.75 bits per heavy atom. The van der Waals surface area contributed by atoms with E-state index in [2.05, 4.69) is 15.0 Å². The molecule has 0 unspecified atom stereocenters. The Morgan fingerprint density at radius 1 is 1.04 bits per heavy atom. The van der Waals surface area contributed by atoms with Crippen molar-refractivity contribution < 1.29 is 13.2 Å². The normalized spacial score (nSPS) is 15.8. The second-order valence-corrected chi connectivity index (χ2v) is 6.75. The number of hydrogen-bond donors (Lipinski definition) is 1. The molecule has 1 aromatic carbocycles. The minimum atomic E-state index is -4.33. The third-order valence-electron chi connectivity index (χ3n) is 4.78. The first-order valence-electron chi connectivity index (χ1n) is 9.14. The fourth-order valence-corrected chi connectivity index (χ4v) is 3.24. The summed E-state index contributed by atoms with van der Waals surface area (Å²) in [5.41, 5.74) is -1.06. The summed E-state index contributed by atoms with van der Waals surface area (Å²) in [7, 11) is 0. The molecule has 10 heteroatoms. The first-order valence-corrected chi connectivity index (χ1v) is 9.14. The molecule has 0 amide bonds. The molecule has 1 aromatic heterocycles. The van der Waals surface area contributed by atoms with Crippen molar-refractivity contribution in [1.29, 1.82) is 0 Å². The summed E-state index contributed by atoms with van der Waals surface area (Å²) < 4.78 is 39.8. The lowest BCUT2D eigenvalue weighted by Crippen LogP contribution is -2.46. The predicted octanol–water partition coefficient (Wildman–Crippen LogP) is 1.55. The highest BCUT2D eigenvalue weighted by Crippen LogP contribution is 2.31. The van der Waals surface area contributed by atoms with Crippen molar-refractivity contribution in [2.75, 3.05) is 37.6 Å². The maximum atomic E-state index is 12.9. The highest BCUT2D eigenvalue weighted by atomic mass is 19.4. The number of benzene rings is 1. The predicted molar refractivity (Wildman–Crippen MR) is 98.4 cm³/mol. The molecular weight excluding hydrogens is 375 g/mol. The number of alkyl halides is 3. The minimum Gasteiger partial charge on any atom is -0.369 e. The van der Waals surface area contributed by atoms with E-state index >= 15 is 0 Å². The molecule has 2 aromatic rings. The molecule has 1 N–H and O–H groups in total. The summed E-state index contributed by atoms with van der Waals surface area (Å²) in [6.45, 7) is 4.15. The molecule has 28 heavy (non-hydrogen) atoms. The molecule has 3 rings (SSSR count). The van der Waals surface area contributed by atoms with Crippen LogP contribution in [0.4, 0.5) is 18.9 Å². The lowest BCUT2D eigenvalue weighted by Gasteiger charge is -2.36. The summed E-state index contributed by atoms with van der Waals surface area (Å²) in [5.74, 6) is 0. The lowest BCUT2D eigenvalue weighted by atomic mass is 10.1. The molecule has 152 valence electrons. The highest BCUT2D eigenvalue weighted by molar-refractivity contribution is 5.49. The van der Waals surface area contributed by atoms with E-state index in [-0.39, 0.29) is 0 Å². The molecule has 7 nitrogen and oxygen atoms in total. The molecule has 0 bridgehead atoms. The number of rotatable bonds is 6. The van der Waals surface area contributed by atoms with Crippen LogP contribution in [0.3, 0.4) is 0 Å². The van der Waals surface area contributed by atoms with E-state index in [1.54, 1.807) is 6.07 Å². The Balaban J connectivity index is 1.43. The zero-order chi connectivity index (χ0) is 20.1. The van der Waals surface area contributed by atoms with E-state index in [1.165, 1.54) is 16.8 Å². The Bertz CT molecular complexity index is 901. The van der Waals surface area contributed by atoms with Gasteiger partial charge in [-0.3, -0.25) is 14.7 Å². The number of aromatic nitrogens is 3. The first-order chi connectivity index (χ1) is 13.3. The summed E-state index contributed by atoms with van der Waals surface area (Å²) in [5, 5.41) is 3.79. The summed E-state index contributed by atoms with van der Waals surface area (Å²) in [4.78, 5) is 28.9. The number of halogens is 3. The fraction of sp³-hybridized carbons (Fsp3) is 0.500. The fourth-order valence-electron chi connectivity index (χ4n) is 3.24. The van der Waals surface area contributed by atoms with Gasteiger partial charge in [0.15, 0.2) is 0 Å². The van der Waals surface area contributed by atoms with Gasteiger partial charge in [-0.1, -0.05) is 6.07 Å². The number of piperazine rings is 1. The van der Waals surface area contributed by atoms with Crippen LogP contribution in [0, 0.1) is 0 Å². The Kier molecular flexibility index (Phi) is 6.18. The average Bonchev–Trinajstić information content (AvgIpc) is 2.66. The van der Waals surface area contributed by atoms with Crippen molar-refractivity contribution in [3.8, 4) is 0 Å². The second kappa shape index (κ2) is 8.59. The topological polar surface area (TPSA) is 74.2 Å². The van der Waals surface area contributed by atoms with Crippen LogP contribution in [0.15, 0.2) is 40.1 Å². The Morgan fingerprint density at radius 3 is 2.43 bits per heavy atom. The van der Waals surface area contributed by atoms with Gasteiger partial charge >= 0.3 is 11.9 Å². The average molecular weight is 397 g/mol. The van der Waals surface area contributed by atoms with Gasteiger partial charge in [-0.2, -0.15) is 18.3 Å². The van der Waals surface area contributed by atoms with Crippen LogP contribution in [0.1, 0.15) is 18.4 Å².